The number of carbonyl (C=O) groups is 1. The van der Waals surface area contributed by atoms with Gasteiger partial charge in [0.2, 0.25) is 5.91 Å². The molecular formula is C13H14BrN3O. The second kappa shape index (κ2) is 5.82. The first-order chi connectivity index (χ1) is 8.69. The van der Waals surface area contributed by atoms with Crippen molar-refractivity contribution < 1.29 is 4.79 Å². The summed E-state index contributed by atoms with van der Waals surface area (Å²) in [6.07, 6.45) is 3.64. The predicted octanol–water partition coefficient (Wildman–Crippen LogP) is 2.45. The number of amides is 1. The fourth-order valence-electron chi connectivity index (χ4n) is 1.64. The van der Waals surface area contributed by atoms with Crippen LogP contribution in [0, 0.1) is 0 Å². The van der Waals surface area contributed by atoms with Crippen molar-refractivity contribution in [3.8, 4) is 11.1 Å². The third-order valence-electron chi connectivity index (χ3n) is 2.49. The van der Waals surface area contributed by atoms with Gasteiger partial charge in [-0.15, -0.1) is 0 Å². The molecule has 1 N–H and O–H groups in total. The summed E-state index contributed by atoms with van der Waals surface area (Å²) in [5, 5.41) is 6.93. The molecule has 2 aromatic rings. The SMILES string of the molecule is CCNC(=O)Cn1cc(-c2ccc(Br)cc2)cn1. The van der Waals surface area contributed by atoms with Gasteiger partial charge in [-0.3, -0.25) is 9.48 Å². The van der Waals surface area contributed by atoms with Gasteiger partial charge in [0.15, 0.2) is 0 Å². The van der Waals surface area contributed by atoms with Crippen LogP contribution >= 0.6 is 15.9 Å². The van der Waals surface area contributed by atoms with E-state index in [9.17, 15) is 4.79 Å². The van der Waals surface area contributed by atoms with E-state index in [4.69, 9.17) is 0 Å². The van der Waals surface area contributed by atoms with Crippen LogP contribution < -0.4 is 5.32 Å². The molecule has 0 spiro atoms. The van der Waals surface area contributed by atoms with E-state index in [1.807, 2.05) is 37.4 Å². The van der Waals surface area contributed by atoms with Crippen LogP contribution in [0.4, 0.5) is 0 Å². The largest absolute Gasteiger partial charge is 0.355 e. The number of rotatable bonds is 4. The number of benzene rings is 1. The smallest absolute Gasteiger partial charge is 0.241 e. The standard InChI is InChI=1S/C13H14BrN3O/c1-2-15-13(18)9-17-8-11(7-16-17)10-3-5-12(14)6-4-10/h3-8H,2,9H2,1H3,(H,15,18). The number of nitrogens with zero attached hydrogens (tertiary/aromatic N) is 2. The van der Waals surface area contributed by atoms with Crippen LogP contribution in [0.5, 0.6) is 0 Å². The summed E-state index contributed by atoms with van der Waals surface area (Å²) >= 11 is 3.40. The normalized spacial score (nSPS) is 10.3. The summed E-state index contributed by atoms with van der Waals surface area (Å²) in [6, 6.07) is 7.99. The molecule has 1 amide bonds. The third-order valence-corrected chi connectivity index (χ3v) is 3.02. The van der Waals surface area contributed by atoms with Crippen LogP contribution in [0.2, 0.25) is 0 Å². The van der Waals surface area contributed by atoms with E-state index in [1.54, 1.807) is 10.9 Å². The van der Waals surface area contributed by atoms with Gasteiger partial charge in [-0.1, -0.05) is 28.1 Å². The molecule has 2 rings (SSSR count). The minimum absolute atomic E-state index is 0.0250. The number of likely N-dealkylation sites (N-methyl/N-ethyl adjacent to an activating group) is 1. The van der Waals surface area contributed by atoms with Crippen LogP contribution in [0.15, 0.2) is 41.1 Å². The van der Waals surface area contributed by atoms with Gasteiger partial charge < -0.3 is 5.32 Å². The van der Waals surface area contributed by atoms with Gasteiger partial charge in [-0.2, -0.15) is 5.10 Å². The first kappa shape index (κ1) is 12.8. The summed E-state index contributed by atoms with van der Waals surface area (Å²) in [6.45, 7) is 2.79. The zero-order valence-corrected chi connectivity index (χ0v) is 11.6. The third kappa shape index (κ3) is 3.20. The molecule has 18 heavy (non-hydrogen) atoms. The number of halogens is 1. The molecule has 4 nitrogen and oxygen atoms in total. The Morgan fingerprint density at radius 2 is 2.06 bits per heavy atom. The summed E-state index contributed by atoms with van der Waals surface area (Å²) in [4.78, 5) is 11.4. The highest BCUT2D eigenvalue weighted by Crippen LogP contribution is 2.20. The van der Waals surface area contributed by atoms with Gasteiger partial charge in [0.1, 0.15) is 6.54 Å². The van der Waals surface area contributed by atoms with E-state index in [0.29, 0.717) is 6.54 Å². The lowest BCUT2D eigenvalue weighted by Gasteiger charge is -2.01. The maximum absolute atomic E-state index is 11.4. The zero-order chi connectivity index (χ0) is 13.0. The maximum atomic E-state index is 11.4. The van der Waals surface area contributed by atoms with Crippen molar-refractivity contribution in [2.45, 2.75) is 13.5 Å². The summed E-state index contributed by atoms with van der Waals surface area (Å²) in [5.74, 6) is -0.0250. The molecule has 0 saturated carbocycles. The van der Waals surface area contributed by atoms with Crippen molar-refractivity contribution in [1.82, 2.24) is 15.1 Å². The zero-order valence-electron chi connectivity index (χ0n) is 10.1. The lowest BCUT2D eigenvalue weighted by Crippen LogP contribution is -2.27. The van der Waals surface area contributed by atoms with Crippen LogP contribution in [0.25, 0.3) is 11.1 Å². The van der Waals surface area contributed by atoms with Crippen LogP contribution in [-0.4, -0.2) is 22.2 Å². The molecule has 0 fully saturated rings. The number of carbonyl (C=O) groups excluding carboxylic acids is 1. The van der Waals surface area contributed by atoms with Crippen molar-refractivity contribution >= 4 is 21.8 Å². The fourth-order valence-corrected chi connectivity index (χ4v) is 1.91. The average molecular weight is 308 g/mol. The van der Waals surface area contributed by atoms with Crippen molar-refractivity contribution in [3.63, 3.8) is 0 Å². The lowest BCUT2D eigenvalue weighted by atomic mass is 10.1. The maximum Gasteiger partial charge on any atom is 0.241 e. The molecule has 5 heteroatoms. The van der Waals surface area contributed by atoms with E-state index in [2.05, 4.69) is 26.3 Å². The molecule has 1 aromatic heterocycles. The Balaban J connectivity index is 2.10. The second-order valence-electron chi connectivity index (χ2n) is 3.89. The summed E-state index contributed by atoms with van der Waals surface area (Å²) in [5.41, 5.74) is 2.09. The van der Waals surface area contributed by atoms with E-state index in [1.165, 1.54) is 0 Å². The fraction of sp³-hybridized carbons (Fsp3) is 0.231. The minimum atomic E-state index is -0.0250. The Morgan fingerprint density at radius 3 is 2.72 bits per heavy atom. The van der Waals surface area contributed by atoms with Gasteiger partial charge >= 0.3 is 0 Å². The van der Waals surface area contributed by atoms with Crippen molar-refractivity contribution in [3.05, 3.63) is 41.1 Å². The minimum Gasteiger partial charge on any atom is -0.355 e. The highest BCUT2D eigenvalue weighted by atomic mass is 79.9. The second-order valence-corrected chi connectivity index (χ2v) is 4.80. The van der Waals surface area contributed by atoms with E-state index in [-0.39, 0.29) is 12.5 Å². The molecule has 0 unspecified atom stereocenters. The summed E-state index contributed by atoms with van der Waals surface area (Å²) in [7, 11) is 0. The first-order valence-electron chi connectivity index (χ1n) is 5.74. The molecule has 1 aromatic carbocycles. The molecular weight excluding hydrogens is 294 g/mol. The van der Waals surface area contributed by atoms with Gasteiger partial charge in [-0.05, 0) is 24.6 Å². The Hall–Kier alpha value is -1.62. The molecule has 0 radical (unpaired) electrons. The van der Waals surface area contributed by atoms with Gasteiger partial charge in [0, 0.05) is 22.8 Å². The lowest BCUT2D eigenvalue weighted by molar-refractivity contribution is -0.121. The molecule has 1 heterocycles. The highest BCUT2D eigenvalue weighted by molar-refractivity contribution is 9.10. The number of hydrogen-bond acceptors (Lipinski definition) is 2. The molecule has 94 valence electrons. The first-order valence-corrected chi connectivity index (χ1v) is 6.53. The van der Waals surface area contributed by atoms with E-state index in [0.717, 1.165) is 15.6 Å². The van der Waals surface area contributed by atoms with Gasteiger partial charge in [0.05, 0.1) is 6.20 Å². The van der Waals surface area contributed by atoms with Gasteiger partial charge in [-0.25, -0.2) is 0 Å². The topological polar surface area (TPSA) is 46.9 Å². The number of aromatic nitrogens is 2. The molecule has 0 atom stereocenters. The van der Waals surface area contributed by atoms with E-state index < -0.39 is 0 Å². The number of nitrogens with one attached hydrogen (secondary N) is 1. The van der Waals surface area contributed by atoms with Crippen molar-refractivity contribution in [1.29, 1.82) is 0 Å². The molecule has 0 saturated heterocycles. The molecule has 0 aliphatic heterocycles. The monoisotopic (exact) mass is 307 g/mol. The van der Waals surface area contributed by atoms with Crippen LogP contribution in [0.3, 0.4) is 0 Å². The Labute approximate surface area is 114 Å². The van der Waals surface area contributed by atoms with Crippen molar-refractivity contribution in [2.75, 3.05) is 6.54 Å². The van der Waals surface area contributed by atoms with E-state index >= 15 is 0 Å². The highest BCUT2D eigenvalue weighted by Gasteiger charge is 2.05. The Bertz CT molecular complexity index is 533. The molecule has 0 bridgehead atoms. The Morgan fingerprint density at radius 1 is 1.33 bits per heavy atom. The molecule has 0 aliphatic carbocycles. The number of hydrogen-bond donors (Lipinski definition) is 1. The summed E-state index contributed by atoms with van der Waals surface area (Å²) < 4.78 is 2.68. The predicted molar refractivity (Wildman–Crippen MR) is 74.0 cm³/mol. The van der Waals surface area contributed by atoms with Crippen molar-refractivity contribution in [2.24, 2.45) is 0 Å². The molecule has 0 aliphatic rings. The average Bonchev–Trinajstić information content (AvgIpc) is 2.78. The van der Waals surface area contributed by atoms with Crippen LogP contribution in [-0.2, 0) is 11.3 Å². The van der Waals surface area contributed by atoms with Crippen LogP contribution in [0.1, 0.15) is 6.92 Å². The van der Waals surface area contributed by atoms with Gasteiger partial charge in [0.25, 0.3) is 0 Å². The quantitative estimate of drug-likeness (QED) is 0.943. The Kier molecular flexibility index (Phi) is 4.15.